The first kappa shape index (κ1) is 28.0. The summed E-state index contributed by atoms with van der Waals surface area (Å²) in [5.41, 5.74) is 1.37. The van der Waals surface area contributed by atoms with Crippen LogP contribution in [0.25, 0.3) is 0 Å². The normalized spacial score (nSPS) is 19.1. The van der Waals surface area contributed by atoms with Crippen molar-refractivity contribution in [3.63, 3.8) is 0 Å². The number of ether oxygens (including phenoxy) is 2. The summed E-state index contributed by atoms with van der Waals surface area (Å²) >= 11 is 12.6. The first-order valence-corrected chi connectivity index (χ1v) is 12.6. The lowest BCUT2D eigenvalue weighted by Crippen LogP contribution is -2.51. The molecular weight excluding hydrogens is 507 g/mol. The summed E-state index contributed by atoms with van der Waals surface area (Å²) in [7, 11) is 1.50. The smallest absolute Gasteiger partial charge is 0.338 e. The Kier molecular flexibility index (Phi) is 10.2. The van der Waals surface area contributed by atoms with Crippen LogP contribution in [0, 0.1) is 0 Å². The molecule has 36 heavy (non-hydrogen) atoms. The molecule has 0 bridgehead atoms. The monoisotopic (exact) mass is 538 g/mol. The van der Waals surface area contributed by atoms with Gasteiger partial charge in [-0.1, -0.05) is 35.3 Å². The number of halogens is 2. The third kappa shape index (κ3) is 6.59. The van der Waals surface area contributed by atoms with Gasteiger partial charge in [-0.25, -0.2) is 9.59 Å². The second kappa shape index (κ2) is 13.1. The van der Waals surface area contributed by atoms with Crippen molar-refractivity contribution in [2.45, 2.75) is 19.4 Å². The van der Waals surface area contributed by atoms with E-state index in [0.717, 1.165) is 6.42 Å². The van der Waals surface area contributed by atoms with Crippen molar-refractivity contribution in [3.8, 4) is 0 Å². The van der Waals surface area contributed by atoms with Crippen LogP contribution in [0.3, 0.4) is 0 Å². The van der Waals surface area contributed by atoms with Crippen LogP contribution in [0.1, 0.15) is 24.9 Å². The van der Waals surface area contributed by atoms with E-state index in [9.17, 15) is 14.4 Å². The van der Waals surface area contributed by atoms with Gasteiger partial charge in [-0.2, -0.15) is 0 Å². The summed E-state index contributed by atoms with van der Waals surface area (Å²) in [6, 6.07) is 3.74. The highest BCUT2D eigenvalue weighted by atomic mass is 35.5. The van der Waals surface area contributed by atoms with Gasteiger partial charge in [0.2, 0.25) is 5.91 Å². The van der Waals surface area contributed by atoms with Crippen LogP contribution >= 0.6 is 23.2 Å². The van der Waals surface area contributed by atoms with Crippen molar-refractivity contribution in [3.05, 3.63) is 57.7 Å². The Hall–Kier alpha value is -2.59. The van der Waals surface area contributed by atoms with Gasteiger partial charge in [0, 0.05) is 62.1 Å². The Labute approximate surface area is 221 Å². The molecule has 1 aromatic carbocycles. The zero-order valence-corrected chi connectivity index (χ0v) is 22.1. The first-order valence-electron chi connectivity index (χ1n) is 11.8. The molecule has 2 aliphatic heterocycles. The highest BCUT2D eigenvalue weighted by Crippen LogP contribution is 2.36. The summed E-state index contributed by atoms with van der Waals surface area (Å²) in [5.74, 6) is -0.599. The molecule has 3 amide bonds. The molecule has 1 saturated heterocycles. The van der Waals surface area contributed by atoms with Gasteiger partial charge in [-0.15, -0.1) is 6.58 Å². The van der Waals surface area contributed by atoms with Crippen molar-refractivity contribution in [2.75, 3.05) is 59.6 Å². The molecule has 0 aromatic heterocycles. The lowest BCUT2D eigenvalue weighted by Gasteiger charge is -2.38. The summed E-state index contributed by atoms with van der Waals surface area (Å²) < 4.78 is 10.4. The van der Waals surface area contributed by atoms with Gasteiger partial charge < -0.3 is 19.7 Å². The van der Waals surface area contributed by atoms with Crippen LogP contribution in [-0.2, 0) is 19.1 Å². The summed E-state index contributed by atoms with van der Waals surface area (Å²) in [5, 5.41) is 3.67. The van der Waals surface area contributed by atoms with Crippen LogP contribution in [0.15, 0.2) is 42.1 Å². The summed E-state index contributed by atoms with van der Waals surface area (Å²) in [4.78, 5) is 44.3. The quantitative estimate of drug-likeness (QED) is 0.383. The van der Waals surface area contributed by atoms with E-state index >= 15 is 0 Å². The van der Waals surface area contributed by atoms with Gasteiger partial charge in [-0.3, -0.25) is 14.6 Å². The molecule has 0 aliphatic carbocycles. The number of carbonyl (C=O) groups excluding carboxylic acids is 3. The fourth-order valence-corrected chi connectivity index (χ4v) is 4.94. The second-order valence-corrected chi connectivity index (χ2v) is 9.32. The molecule has 1 N–H and O–H groups in total. The van der Waals surface area contributed by atoms with Crippen molar-refractivity contribution in [1.29, 1.82) is 0 Å². The Bertz CT molecular complexity index is 1030. The van der Waals surface area contributed by atoms with E-state index < -0.39 is 12.0 Å². The lowest BCUT2D eigenvalue weighted by atomic mass is 9.94. The summed E-state index contributed by atoms with van der Waals surface area (Å²) in [6.07, 6.45) is 2.35. The van der Waals surface area contributed by atoms with E-state index in [2.05, 4.69) is 16.8 Å². The van der Waals surface area contributed by atoms with E-state index in [1.165, 1.54) is 12.0 Å². The molecular formula is C25H32Cl2N4O5. The Morgan fingerprint density at radius 1 is 1.22 bits per heavy atom. The molecule has 9 nitrogen and oxygen atoms in total. The average molecular weight is 539 g/mol. The minimum absolute atomic E-state index is 0.0367. The predicted octanol–water partition coefficient (Wildman–Crippen LogP) is 3.24. The van der Waals surface area contributed by atoms with E-state index in [1.54, 1.807) is 36.1 Å². The van der Waals surface area contributed by atoms with Crippen LogP contribution in [0.2, 0.25) is 10.0 Å². The number of urea groups is 1. The van der Waals surface area contributed by atoms with Crippen molar-refractivity contribution >= 4 is 41.1 Å². The maximum absolute atomic E-state index is 13.3. The number of amides is 3. The van der Waals surface area contributed by atoms with Crippen molar-refractivity contribution in [2.24, 2.45) is 0 Å². The molecule has 0 saturated carbocycles. The largest absolute Gasteiger partial charge is 0.463 e. The maximum atomic E-state index is 13.3. The number of hydrogen-bond donors (Lipinski definition) is 1. The third-order valence-electron chi connectivity index (χ3n) is 6.10. The van der Waals surface area contributed by atoms with Crippen LogP contribution in [-0.4, -0.2) is 92.2 Å². The highest BCUT2D eigenvalue weighted by Gasteiger charge is 2.39. The third-order valence-corrected chi connectivity index (χ3v) is 6.66. The Morgan fingerprint density at radius 2 is 2.00 bits per heavy atom. The molecule has 11 heteroatoms. The number of carbonyl (C=O) groups is 3. The van der Waals surface area contributed by atoms with Gasteiger partial charge in [-0.05, 0) is 31.0 Å². The summed E-state index contributed by atoms with van der Waals surface area (Å²) in [6.45, 7) is 8.62. The zero-order valence-electron chi connectivity index (χ0n) is 20.6. The molecule has 2 aliphatic rings. The van der Waals surface area contributed by atoms with Gasteiger partial charge in [0.15, 0.2) is 0 Å². The first-order chi connectivity index (χ1) is 17.3. The van der Waals surface area contributed by atoms with Crippen molar-refractivity contribution < 1.29 is 23.9 Å². The number of benzene rings is 1. The molecule has 0 spiro atoms. The fourth-order valence-electron chi connectivity index (χ4n) is 4.42. The van der Waals surface area contributed by atoms with Gasteiger partial charge in [0.25, 0.3) is 0 Å². The minimum atomic E-state index is -0.816. The number of nitrogens with one attached hydrogen (secondary N) is 1. The highest BCUT2D eigenvalue weighted by molar-refractivity contribution is 6.35. The standard InChI is InChI=1S/C25H32Cl2N4O5/c1-4-9-31-20(15-29-10-6-11-30(13-12-29)21(32)16-35-3)22(24(33)36-5-2)23(28-25(31)34)18-8-7-17(26)14-19(18)27/h4,7-8,14,23H,1,5-6,9-13,15-16H2,2-3H3,(H,28,34)/t23-/m1/s1. The minimum Gasteiger partial charge on any atom is -0.463 e. The van der Waals surface area contributed by atoms with Crippen molar-refractivity contribution in [1.82, 2.24) is 20.0 Å². The van der Waals surface area contributed by atoms with E-state index in [-0.39, 0.29) is 31.7 Å². The average Bonchev–Trinajstić information content (AvgIpc) is 3.07. The molecule has 2 heterocycles. The topological polar surface area (TPSA) is 91.4 Å². The van der Waals surface area contributed by atoms with Crippen LogP contribution in [0.4, 0.5) is 4.79 Å². The number of hydrogen-bond acceptors (Lipinski definition) is 6. The van der Waals surface area contributed by atoms with Crippen LogP contribution < -0.4 is 5.32 Å². The molecule has 3 rings (SSSR count). The van der Waals surface area contributed by atoms with E-state index in [4.69, 9.17) is 32.7 Å². The molecule has 1 fully saturated rings. The number of rotatable bonds is 9. The Balaban J connectivity index is 2.02. The van der Waals surface area contributed by atoms with E-state index in [1.807, 2.05) is 0 Å². The number of methoxy groups -OCH3 is 1. The number of esters is 1. The van der Waals surface area contributed by atoms with Gasteiger partial charge in [0.05, 0.1) is 18.2 Å². The number of nitrogens with zero attached hydrogens (tertiary/aromatic N) is 3. The SMILES string of the molecule is C=CCN1C(=O)N[C@H](c2ccc(Cl)cc2Cl)C(C(=O)OCC)=C1CN1CCCN(C(=O)COC)CC1. The molecule has 0 radical (unpaired) electrons. The Morgan fingerprint density at radius 3 is 2.67 bits per heavy atom. The lowest BCUT2D eigenvalue weighted by molar-refractivity contribution is -0.139. The maximum Gasteiger partial charge on any atom is 0.338 e. The van der Waals surface area contributed by atoms with Gasteiger partial charge >= 0.3 is 12.0 Å². The predicted molar refractivity (Wildman–Crippen MR) is 138 cm³/mol. The zero-order chi connectivity index (χ0) is 26.2. The molecule has 1 aromatic rings. The van der Waals surface area contributed by atoms with Gasteiger partial charge in [0.1, 0.15) is 6.61 Å². The molecule has 196 valence electrons. The fraction of sp³-hybridized carbons (Fsp3) is 0.480. The molecule has 1 atom stereocenters. The second-order valence-electron chi connectivity index (χ2n) is 8.47. The molecule has 0 unspecified atom stereocenters. The van der Waals surface area contributed by atoms with E-state index in [0.29, 0.717) is 59.6 Å². The van der Waals surface area contributed by atoms with Crippen LogP contribution in [0.5, 0.6) is 0 Å².